The Hall–Kier alpha value is -2.73. The molecule has 1 atom stereocenters. The van der Waals surface area contributed by atoms with Gasteiger partial charge in [-0.15, -0.1) is 0 Å². The van der Waals surface area contributed by atoms with Crippen molar-refractivity contribution in [2.24, 2.45) is 0 Å². The number of carbonyl (C=O) groups is 2. The molecule has 0 saturated carbocycles. The van der Waals surface area contributed by atoms with Gasteiger partial charge in [0.2, 0.25) is 11.8 Å². The standard InChI is InChI=1S/C25H33FN2O3/c1-4-24(29)28(18-21-11-13-22(26)14-12-21)23(17-20-9-6-5-7-10-20)25(30)27-15-8-16-31-19(2)3/h5-7,9-14,19,23H,4,8,15-18H2,1-3H3,(H,27,30)/t23-/m0/s1. The summed E-state index contributed by atoms with van der Waals surface area (Å²) in [6.07, 6.45) is 1.53. The fourth-order valence-electron chi connectivity index (χ4n) is 3.26. The van der Waals surface area contributed by atoms with Crippen LogP contribution in [0.4, 0.5) is 4.39 Å². The van der Waals surface area contributed by atoms with Gasteiger partial charge in [-0.25, -0.2) is 4.39 Å². The van der Waals surface area contributed by atoms with Crippen LogP contribution in [0.2, 0.25) is 0 Å². The number of hydrogen-bond donors (Lipinski definition) is 1. The average Bonchev–Trinajstić information content (AvgIpc) is 2.77. The van der Waals surface area contributed by atoms with Gasteiger partial charge in [-0.2, -0.15) is 0 Å². The van der Waals surface area contributed by atoms with Gasteiger partial charge in [-0.3, -0.25) is 9.59 Å². The van der Waals surface area contributed by atoms with Gasteiger partial charge in [-0.1, -0.05) is 49.4 Å². The minimum absolute atomic E-state index is 0.122. The lowest BCUT2D eigenvalue weighted by Crippen LogP contribution is -2.50. The highest BCUT2D eigenvalue weighted by molar-refractivity contribution is 5.87. The fourth-order valence-corrected chi connectivity index (χ4v) is 3.26. The van der Waals surface area contributed by atoms with Crippen LogP contribution in [0.25, 0.3) is 0 Å². The highest BCUT2D eigenvalue weighted by atomic mass is 19.1. The van der Waals surface area contributed by atoms with E-state index in [9.17, 15) is 14.0 Å². The molecule has 168 valence electrons. The summed E-state index contributed by atoms with van der Waals surface area (Å²) in [5, 5.41) is 2.96. The third kappa shape index (κ3) is 8.50. The molecule has 1 N–H and O–H groups in total. The molecule has 5 nitrogen and oxygen atoms in total. The molecule has 6 heteroatoms. The lowest BCUT2D eigenvalue weighted by molar-refractivity contribution is -0.141. The van der Waals surface area contributed by atoms with E-state index in [0.717, 1.165) is 11.1 Å². The molecule has 0 unspecified atom stereocenters. The normalized spacial score (nSPS) is 11.9. The molecule has 0 aliphatic rings. The summed E-state index contributed by atoms with van der Waals surface area (Å²) in [5.74, 6) is -0.653. The molecular formula is C25H33FN2O3. The maximum atomic E-state index is 13.3. The van der Waals surface area contributed by atoms with E-state index in [4.69, 9.17) is 4.74 Å². The maximum Gasteiger partial charge on any atom is 0.243 e. The number of amides is 2. The van der Waals surface area contributed by atoms with Gasteiger partial charge >= 0.3 is 0 Å². The topological polar surface area (TPSA) is 58.6 Å². The van der Waals surface area contributed by atoms with E-state index in [1.807, 2.05) is 44.2 Å². The number of ether oxygens (including phenoxy) is 1. The molecule has 2 aromatic rings. The molecule has 0 saturated heterocycles. The van der Waals surface area contributed by atoms with Crippen LogP contribution in [0.1, 0.15) is 44.7 Å². The molecule has 0 aliphatic carbocycles. The molecular weight excluding hydrogens is 395 g/mol. The zero-order valence-corrected chi connectivity index (χ0v) is 18.6. The molecule has 0 heterocycles. The van der Waals surface area contributed by atoms with Gasteiger partial charge in [0.25, 0.3) is 0 Å². The molecule has 2 amide bonds. The Kier molecular flexibility index (Phi) is 10.2. The zero-order valence-electron chi connectivity index (χ0n) is 18.6. The molecule has 0 aliphatic heterocycles. The lowest BCUT2D eigenvalue weighted by atomic mass is 10.0. The van der Waals surface area contributed by atoms with Crippen LogP contribution in [0.5, 0.6) is 0 Å². The first-order valence-corrected chi connectivity index (χ1v) is 10.9. The summed E-state index contributed by atoms with van der Waals surface area (Å²) < 4.78 is 18.8. The first-order valence-electron chi connectivity index (χ1n) is 10.9. The summed E-state index contributed by atoms with van der Waals surface area (Å²) in [4.78, 5) is 27.6. The molecule has 2 aromatic carbocycles. The SMILES string of the molecule is CCC(=O)N(Cc1ccc(F)cc1)[C@@H](Cc1ccccc1)C(=O)NCCCOC(C)C. The smallest absolute Gasteiger partial charge is 0.243 e. The van der Waals surface area contributed by atoms with Crippen LogP contribution >= 0.6 is 0 Å². The Morgan fingerprint density at radius 1 is 1.03 bits per heavy atom. The van der Waals surface area contributed by atoms with Crippen LogP contribution in [0.15, 0.2) is 54.6 Å². The van der Waals surface area contributed by atoms with Gasteiger partial charge < -0.3 is 15.0 Å². The number of halogens is 1. The van der Waals surface area contributed by atoms with Crippen molar-refractivity contribution in [1.29, 1.82) is 0 Å². The summed E-state index contributed by atoms with van der Waals surface area (Å²) in [5.41, 5.74) is 1.75. The quantitative estimate of drug-likeness (QED) is 0.518. The Labute approximate surface area is 184 Å². The van der Waals surface area contributed by atoms with Crippen LogP contribution in [0, 0.1) is 5.82 Å². The van der Waals surface area contributed by atoms with E-state index in [0.29, 0.717) is 26.0 Å². The van der Waals surface area contributed by atoms with Crippen LogP contribution in [-0.4, -0.2) is 42.0 Å². The monoisotopic (exact) mass is 428 g/mol. The van der Waals surface area contributed by atoms with Crippen molar-refractivity contribution in [1.82, 2.24) is 10.2 Å². The first-order chi connectivity index (χ1) is 14.9. The van der Waals surface area contributed by atoms with E-state index < -0.39 is 6.04 Å². The Morgan fingerprint density at radius 3 is 2.32 bits per heavy atom. The Balaban J connectivity index is 2.18. The molecule has 0 spiro atoms. The van der Waals surface area contributed by atoms with E-state index in [1.54, 1.807) is 24.0 Å². The van der Waals surface area contributed by atoms with Crippen molar-refractivity contribution in [3.05, 3.63) is 71.5 Å². The highest BCUT2D eigenvalue weighted by Gasteiger charge is 2.29. The van der Waals surface area contributed by atoms with Gasteiger partial charge in [-0.05, 0) is 43.5 Å². The third-order valence-corrected chi connectivity index (χ3v) is 4.91. The summed E-state index contributed by atoms with van der Waals surface area (Å²) in [7, 11) is 0. The number of hydrogen-bond acceptors (Lipinski definition) is 3. The fraction of sp³-hybridized carbons (Fsp3) is 0.440. The number of nitrogens with one attached hydrogen (secondary N) is 1. The number of nitrogens with zero attached hydrogens (tertiary/aromatic N) is 1. The second kappa shape index (κ2) is 12.8. The number of benzene rings is 2. The second-order valence-electron chi connectivity index (χ2n) is 7.77. The molecule has 31 heavy (non-hydrogen) atoms. The molecule has 0 aromatic heterocycles. The third-order valence-electron chi connectivity index (χ3n) is 4.91. The number of carbonyl (C=O) groups excluding carboxylic acids is 2. The zero-order chi connectivity index (χ0) is 22.6. The van der Waals surface area contributed by atoms with E-state index in [1.165, 1.54) is 12.1 Å². The van der Waals surface area contributed by atoms with Gasteiger partial charge in [0.15, 0.2) is 0 Å². The summed E-state index contributed by atoms with van der Waals surface area (Å²) in [6.45, 7) is 7.00. The van der Waals surface area contributed by atoms with Crippen molar-refractivity contribution in [2.75, 3.05) is 13.2 Å². The molecule has 2 rings (SSSR count). The van der Waals surface area contributed by atoms with Gasteiger partial charge in [0.05, 0.1) is 6.10 Å². The minimum Gasteiger partial charge on any atom is -0.379 e. The van der Waals surface area contributed by atoms with Crippen molar-refractivity contribution in [3.8, 4) is 0 Å². The summed E-state index contributed by atoms with van der Waals surface area (Å²) >= 11 is 0. The van der Waals surface area contributed by atoms with Crippen molar-refractivity contribution >= 4 is 11.8 Å². The average molecular weight is 429 g/mol. The van der Waals surface area contributed by atoms with Crippen LogP contribution in [-0.2, 0) is 27.3 Å². The van der Waals surface area contributed by atoms with E-state index in [2.05, 4.69) is 5.32 Å². The second-order valence-corrected chi connectivity index (χ2v) is 7.77. The van der Waals surface area contributed by atoms with E-state index >= 15 is 0 Å². The highest BCUT2D eigenvalue weighted by Crippen LogP contribution is 2.16. The van der Waals surface area contributed by atoms with Crippen LogP contribution in [0.3, 0.4) is 0 Å². The molecule has 0 fully saturated rings. The maximum absolute atomic E-state index is 13.3. The molecule has 0 radical (unpaired) electrons. The largest absolute Gasteiger partial charge is 0.379 e. The predicted molar refractivity (Wildman–Crippen MR) is 120 cm³/mol. The molecule has 0 bridgehead atoms. The minimum atomic E-state index is -0.661. The number of rotatable bonds is 12. The van der Waals surface area contributed by atoms with Crippen molar-refractivity contribution in [2.45, 2.75) is 58.7 Å². The Bertz CT molecular complexity index is 809. The van der Waals surface area contributed by atoms with Crippen LogP contribution < -0.4 is 5.32 Å². The van der Waals surface area contributed by atoms with Gasteiger partial charge in [0.1, 0.15) is 11.9 Å². The summed E-state index contributed by atoms with van der Waals surface area (Å²) in [6, 6.07) is 15.0. The Morgan fingerprint density at radius 2 is 1.71 bits per heavy atom. The van der Waals surface area contributed by atoms with Gasteiger partial charge in [0, 0.05) is 32.5 Å². The lowest BCUT2D eigenvalue weighted by Gasteiger charge is -2.31. The van der Waals surface area contributed by atoms with Crippen molar-refractivity contribution in [3.63, 3.8) is 0 Å². The first kappa shape index (κ1) is 24.5. The van der Waals surface area contributed by atoms with E-state index in [-0.39, 0.29) is 36.7 Å². The van der Waals surface area contributed by atoms with Crippen molar-refractivity contribution < 1.29 is 18.7 Å². The predicted octanol–water partition coefficient (Wildman–Crippen LogP) is 4.11.